The quantitative estimate of drug-likeness (QED) is 0.414. The molecule has 0 spiro atoms. The van der Waals surface area contributed by atoms with E-state index in [1.165, 1.54) is 6.26 Å². The lowest BCUT2D eigenvalue weighted by atomic mass is 10.00. The second kappa shape index (κ2) is 10.1. The number of H-pyrrole nitrogens is 1. The number of rotatable bonds is 6. The molecule has 6 rings (SSSR count). The first-order valence-electron chi connectivity index (χ1n) is 13.1. The minimum Gasteiger partial charge on any atom is -0.459 e. The lowest BCUT2D eigenvalue weighted by Crippen LogP contribution is -2.50. The SMILES string of the molecule is Cc1cc2cc([C@H](c3nnnn3C[C@H]3CCCO3)N3CCN(C(=O)c4ccco4)CC3)c(=O)[nH]c2cc1C. The first-order valence-corrected chi connectivity index (χ1v) is 13.1. The van der Waals surface area contributed by atoms with E-state index in [0.29, 0.717) is 49.9 Å². The van der Waals surface area contributed by atoms with Gasteiger partial charge in [-0.3, -0.25) is 14.5 Å². The summed E-state index contributed by atoms with van der Waals surface area (Å²) in [6.45, 7) is 7.45. The number of nitrogens with zero attached hydrogens (tertiary/aromatic N) is 6. The summed E-state index contributed by atoms with van der Waals surface area (Å²) in [6.07, 6.45) is 3.51. The summed E-state index contributed by atoms with van der Waals surface area (Å²) in [7, 11) is 0. The van der Waals surface area contributed by atoms with E-state index in [2.05, 4.69) is 38.4 Å². The molecule has 0 radical (unpaired) electrons. The maximum atomic E-state index is 13.5. The first kappa shape index (κ1) is 24.5. The number of carbonyl (C=O) groups excluding carboxylic acids is 1. The number of benzene rings is 1. The summed E-state index contributed by atoms with van der Waals surface area (Å²) in [6, 6.07) is 8.96. The normalized spacial score (nSPS) is 19.3. The molecule has 2 atom stereocenters. The van der Waals surface area contributed by atoms with Crippen LogP contribution < -0.4 is 5.56 Å². The number of aromatic nitrogens is 5. The van der Waals surface area contributed by atoms with Crippen molar-refractivity contribution in [2.45, 2.75) is 45.4 Å². The van der Waals surface area contributed by atoms with Crippen LogP contribution in [0.4, 0.5) is 0 Å². The smallest absolute Gasteiger partial charge is 0.289 e. The molecule has 1 N–H and O–H groups in total. The summed E-state index contributed by atoms with van der Waals surface area (Å²) in [4.78, 5) is 33.4. The van der Waals surface area contributed by atoms with Crippen LogP contribution in [0.3, 0.4) is 0 Å². The highest BCUT2D eigenvalue weighted by Gasteiger charge is 2.34. The monoisotopic (exact) mass is 517 g/mol. The van der Waals surface area contributed by atoms with Crippen LogP contribution in [0.5, 0.6) is 0 Å². The summed E-state index contributed by atoms with van der Waals surface area (Å²) in [5.41, 5.74) is 3.48. The number of nitrogens with one attached hydrogen (secondary N) is 1. The average Bonchev–Trinajstić information content (AvgIpc) is 3.70. The molecular weight excluding hydrogens is 486 g/mol. The summed E-state index contributed by atoms with van der Waals surface area (Å²) in [5.74, 6) is 0.788. The van der Waals surface area contributed by atoms with Crippen molar-refractivity contribution < 1.29 is 13.9 Å². The summed E-state index contributed by atoms with van der Waals surface area (Å²) < 4.78 is 12.9. The molecule has 4 aromatic rings. The molecular formula is C27H31N7O4. The van der Waals surface area contributed by atoms with Crippen LogP contribution in [-0.2, 0) is 11.3 Å². The minimum atomic E-state index is -0.484. The van der Waals surface area contributed by atoms with Crippen LogP contribution in [0.15, 0.2) is 45.8 Å². The Morgan fingerprint density at radius 2 is 1.97 bits per heavy atom. The zero-order chi connectivity index (χ0) is 26.2. The van der Waals surface area contributed by atoms with Crippen molar-refractivity contribution in [1.82, 2.24) is 35.0 Å². The third kappa shape index (κ3) is 4.63. The number of tetrazole rings is 1. The molecule has 1 amide bonds. The van der Waals surface area contributed by atoms with Crippen LogP contribution in [-0.4, -0.2) is 79.8 Å². The van der Waals surface area contributed by atoms with E-state index in [0.717, 1.165) is 41.5 Å². The third-order valence-corrected chi connectivity index (χ3v) is 7.69. The van der Waals surface area contributed by atoms with E-state index in [9.17, 15) is 9.59 Å². The number of piperazine rings is 1. The van der Waals surface area contributed by atoms with Crippen molar-refractivity contribution in [3.05, 3.63) is 75.2 Å². The Kier molecular flexibility index (Phi) is 6.54. The Morgan fingerprint density at radius 1 is 1.16 bits per heavy atom. The van der Waals surface area contributed by atoms with Gasteiger partial charge < -0.3 is 19.0 Å². The summed E-state index contributed by atoms with van der Waals surface area (Å²) in [5, 5.41) is 13.6. The minimum absolute atomic E-state index is 0.0428. The second-order valence-corrected chi connectivity index (χ2v) is 10.1. The van der Waals surface area contributed by atoms with Crippen molar-refractivity contribution in [1.29, 1.82) is 0 Å². The van der Waals surface area contributed by atoms with Gasteiger partial charge in [0, 0.05) is 43.9 Å². The van der Waals surface area contributed by atoms with Crippen LogP contribution in [0.1, 0.15) is 52.0 Å². The van der Waals surface area contributed by atoms with Crippen LogP contribution in [0, 0.1) is 13.8 Å². The number of fused-ring (bicyclic) bond motifs is 1. The molecule has 5 heterocycles. The molecule has 198 valence electrons. The number of furan rings is 1. The van der Waals surface area contributed by atoms with Gasteiger partial charge >= 0.3 is 0 Å². The number of ether oxygens (including phenoxy) is 1. The van der Waals surface area contributed by atoms with Gasteiger partial charge in [-0.25, -0.2) is 4.68 Å². The number of hydrogen-bond acceptors (Lipinski definition) is 8. The lowest BCUT2D eigenvalue weighted by molar-refractivity contribution is 0.0550. The highest BCUT2D eigenvalue weighted by atomic mass is 16.5. The van der Waals surface area contributed by atoms with Crippen molar-refractivity contribution in [2.24, 2.45) is 0 Å². The molecule has 1 aromatic carbocycles. The highest BCUT2D eigenvalue weighted by Crippen LogP contribution is 2.29. The molecule has 0 saturated carbocycles. The molecule has 11 heteroatoms. The van der Waals surface area contributed by atoms with Crippen molar-refractivity contribution in [2.75, 3.05) is 32.8 Å². The van der Waals surface area contributed by atoms with Crippen LogP contribution in [0.25, 0.3) is 10.9 Å². The number of carbonyl (C=O) groups is 1. The third-order valence-electron chi connectivity index (χ3n) is 7.69. The molecule has 2 aliphatic heterocycles. The van der Waals surface area contributed by atoms with Gasteiger partial charge in [0.05, 0.1) is 18.9 Å². The zero-order valence-corrected chi connectivity index (χ0v) is 21.6. The molecule has 0 aliphatic carbocycles. The summed E-state index contributed by atoms with van der Waals surface area (Å²) >= 11 is 0. The predicted octanol–water partition coefficient (Wildman–Crippen LogP) is 2.45. The lowest BCUT2D eigenvalue weighted by Gasteiger charge is -2.38. The average molecular weight is 518 g/mol. The Labute approximate surface area is 219 Å². The maximum absolute atomic E-state index is 13.5. The maximum Gasteiger partial charge on any atom is 0.289 e. The number of pyridine rings is 1. The van der Waals surface area contributed by atoms with Crippen LogP contribution >= 0.6 is 0 Å². The molecule has 11 nitrogen and oxygen atoms in total. The fourth-order valence-electron chi connectivity index (χ4n) is 5.45. The van der Waals surface area contributed by atoms with Gasteiger partial charge in [0.25, 0.3) is 11.5 Å². The zero-order valence-electron chi connectivity index (χ0n) is 21.6. The molecule has 0 unspecified atom stereocenters. The predicted molar refractivity (Wildman–Crippen MR) is 139 cm³/mol. The largest absolute Gasteiger partial charge is 0.459 e. The topological polar surface area (TPSA) is 122 Å². The van der Waals surface area contributed by atoms with Crippen LogP contribution in [0.2, 0.25) is 0 Å². The van der Waals surface area contributed by atoms with E-state index in [-0.39, 0.29) is 17.6 Å². The highest BCUT2D eigenvalue weighted by molar-refractivity contribution is 5.91. The van der Waals surface area contributed by atoms with Gasteiger partial charge in [-0.2, -0.15) is 0 Å². The van der Waals surface area contributed by atoms with Gasteiger partial charge in [-0.05, 0) is 84.0 Å². The van der Waals surface area contributed by atoms with E-state index < -0.39 is 6.04 Å². The fraction of sp³-hybridized carbons (Fsp3) is 0.444. The first-order chi connectivity index (χ1) is 18.5. The van der Waals surface area contributed by atoms with E-state index in [1.54, 1.807) is 21.7 Å². The Balaban J connectivity index is 1.36. The van der Waals surface area contributed by atoms with E-state index >= 15 is 0 Å². The molecule has 38 heavy (non-hydrogen) atoms. The van der Waals surface area contributed by atoms with Gasteiger partial charge in [0.15, 0.2) is 11.6 Å². The molecule has 0 bridgehead atoms. The Morgan fingerprint density at radius 3 is 2.71 bits per heavy atom. The van der Waals surface area contributed by atoms with Crippen molar-refractivity contribution >= 4 is 16.8 Å². The van der Waals surface area contributed by atoms with E-state index in [1.807, 2.05) is 19.1 Å². The second-order valence-electron chi connectivity index (χ2n) is 10.1. The standard InChI is InChI=1S/C27H31N7O4/c1-17-13-19-15-21(26(35)28-22(19)14-18(17)2)24(25-29-30-31-34(25)16-20-5-3-11-37-20)32-7-9-33(10-8-32)27(36)23-6-4-12-38-23/h4,6,12-15,20,24H,3,5,7-11,16H2,1-2H3,(H,28,35)/t20-,24-/m1/s1. The fourth-order valence-corrected chi connectivity index (χ4v) is 5.45. The Hall–Kier alpha value is -3.83. The number of hydrogen-bond donors (Lipinski definition) is 1. The number of aromatic amines is 1. The molecule has 2 saturated heterocycles. The molecule has 3 aromatic heterocycles. The molecule has 2 aliphatic rings. The van der Waals surface area contributed by atoms with Crippen molar-refractivity contribution in [3.8, 4) is 0 Å². The Bertz CT molecular complexity index is 1500. The number of amides is 1. The van der Waals surface area contributed by atoms with Gasteiger partial charge in [0.1, 0.15) is 6.04 Å². The van der Waals surface area contributed by atoms with Gasteiger partial charge in [-0.1, -0.05) is 0 Å². The van der Waals surface area contributed by atoms with Gasteiger partial charge in [0.2, 0.25) is 0 Å². The van der Waals surface area contributed by atoms with Crippen molar-refractivity contribution in [3.63, 3.8) is 0 Å². The molecule has 2 fully saturated rings. The van der Waals surface area contributed by atoms with Gasteiger partial charge in [-0.15, -0.1) is 5.10 Å². The van der Waals surface area contributed by atoms with E-state index in [4.69, 9.17) is 9.15 Å². The number of aryl methyl sites for hydroxylation is 2.